The molecule has 0 radical (unpaired) electrons. The SMILES string of the molecule is C=CCOc1ccc(C=CC(=O)N2CCCC2c2nc3ccccc3[nH]2)cc1OC. The first-order valence-electron chi connectivity index (χ1n) is 10.0. The summed E-state index contributed by atoms with van der Waals surface area (Å²) in [4.78, 5) is 22.9. The number of amides is 1. The number of methoxy groups -OCH3 is 1. The van der Waals surface area contributed by atoms with E-state index in [0.717, 1.165) is 41.8 Å². The van der Waals surface area contributed by atoms with E-state index in [0.29, 0.717) is 18.1 Å². The highest BCUT2D eigenvalue weighted by Crippen LogP contribution is 2.32. The molecule has 1 saturated heterocycles. The fourth-order valence-corrected chi connectivity index (χ4v) is 3.76. The monoisotopic (exact) mass is 403 g/mol. The number of imidazole rings is 1. The number of H-pyrrole nitrogens is 1. The van der Waals surface area contributed by atoms with Crippen LogP contribution in [0.15, 0.2) is 61.2 Å². The normalized spacial score (nSPS) is 16.3. The van der Waals surface area contributed by atoms with Gasteiger partial charge in [0.25, 0.3) is 0 Å². The summed E-state index contributed by atoms with van der Waals surface area (Å²) in [6, 6.07) is 13.5. The maximum Gasteiger partial charge on any atom is 0.247 e. The number of para-hydroxylation sites is 2. The summed E-state index contributed by atoms with van der Waals surface area (Å²) >= 11 is 0. The number of hydrogen-bond acceptors (Lipinski definition) is 4. The number of aromatic amines is 1. The molecule has 1 atom stereocenters. The van der Waals surface area contributed by atoms with Gasteiger partial charge in [0, 0.05) is 12.6 Å². The topological polar surface area (TPSA) is 67.5 Å². The minimum Gasteiger partial charge on any atom is -0.493 e. The Bertz CT molecular complexity index is 1050. The van der Waals surface area contributed by atoms with Crippen LogP contribution < -0.4 is 9.47 Å². The molecule has 6 nitrogen and oxygen atoms in total. The van der Waals surface area contributed by atoms with Gasteiger partial charge in [-0.3, -0.25) is 4.79 Å². The molecular weight excluding hydrogens is 378 g/mol. The van der Waals surface area contributed by atoms with Gasteiger partial charge in [0.05, 0.1) is 24.2 Å². The molecule has 2 aromatic carbocycles. The molecule has 1 aliphatic rings. The zero-order valence-corrected chi connectivity index (χ0v) is 17.0. The van der Waals surface area contributed by atoms with E-state index >= 15 is 0 Å². The lowest BCUT2D eigenvalue weighted by atomic mass is 10.1. The number of ether oxygens (including phenoxy) is 2. The average molecular weight is 403 g/mol. The third kappa shape index (κ3) is 4.08. The maximum absolute atomic E-state index is 12.9. The van der Waals surface area contributed by atoms with Crippen LogP contribution in [0.2, 0.25) is 0 Å². The second kappa shape index (κ2) is 8.86. The van der Waals surface area contributed by atoms with Gasteiger partial charge in [-0.1, -0.05) is 30.9 Å². The second-order valence-corrected chi connectivity index (χ2v) is 7.17. The fourth-order valence-electron chi connectivity index (χ4n) is 3.76. The molecule has 0 bridgehead atoms. The van der Waals surface area contributed by atoms with Crippen molar-refractivity contribution in [3.05, 3.63) is 72.6 Å². The zero-order chi connectivity index (χ0) is 20.9. The van der Waals surface area contributed by atoms with Gasteiger partial charge in [-0.15, -0.1) is 0 Å². The Balaban J connectivity index is 1.49. The second-order valence-electron chi connectivity index (χ2n) is 7.17. The predicted octanol–water partition coefficient (Wildman–Crippen LogP) is 4.51. The highest BCUT2D eigenvalue weighted by atomic mass is 16.5. The fraction of sp³-hybridized carbons (Fsp3) is 0.250. The third-order valence-corrected chi connectivity index (χ3v) is 5.22. The summed E-state index contributed by atoms with van der Waals surface area (Å²) in [5.41, 5.74) is 2.78. The van der Waals surface area contributed by atoms with Crippen LogP contribution in [0.5, 0.6) is 11.5 Å². The first-order chi connectivity index (χ1) is 14.7. The number of nitrogens with one attached hydrogen (secondary N) is 1. The number of aromatic nitrogens is 2. The molecule has 1 N–H and O–H groups in total. The molecule has 0 spiro atoms. The molecule has 4 rings (SSSR count). The Morgan fingerprint density at radius 3 is 2.97 bits per heavy atom. The Morgan fingerprint density at radius 2 is 2.17 bits per heavy atom. The van der Waals surface area contributed by atoms with E-state index in [2.05, 4.69) is 11.6 Å². The molecular formula is C24H25N3O3. The smallest absolute Gasteiger partial charge is 0.247 e. The quantitative estimate of drug-likeness (QED) is 0.465. The van der Waals surface area contributed by atoms with Crippen molar-refractivity contribution in [3.8, 4) is 11.5 Å². The van der Waals surface area contributed by atoms with Gasteiger partial charge in [0.1, 0.15) is 12.4 Å². The highest BCUT2D eigenvalue weighted by Gasteiger charge is 2.31. The van der Waals surface area contributed by atoms with E-state index in [1.54, 1.807) is 25.3 Å². The average Bonchev–Trinajstić information content (AvgIpc) is 3.43. The molecule has 2 heterocycles. The number of carbonyl (C=O) groups excluding carboxylic acids is 1. The van der Waals surface area contributed by atoms with Gasteiger partial charge in [0.15, 0.2) is 11.5 Å². The van der Waals surface area contributed by atoms with Crippen LogP contribution >= 0.6 is 0 Å². The third-order valence-electron chi connectivity index (χ3n) is 5.22. The molecule has 0 aliphatic carbocycles. The van der Waals surface area contributed by atoms with Crippen molar-refractivity contribution in [1.82, 2.24) is 14.9 Å². The summed E-state index contributed by atoms with van der Waals surface area (Å²) in [5, 5.41) is 0. The molecule has 3 aromatic rings. The van der Waals surface area contributed by atoms with Crippen LogP contribution in [0.1, 0.15) is 30.3 Å². The number of rotatable bonds is 7. The van der Waals surface area contributed by atoms with E-state index in [-0.39, 0.29) is 11.9 Å². The minimum absolute atomic E-state index is 0.0242. The number of nitrogens with zero attached hydrogens (tertiary/aromatic N) is 2. The lowest BCUT2D eigenvalue weighted by Crippen LogP contribution is -2.29. The summed E-state index contributed by atoms with van der Waals surface area (Å²) in [5.74, 6) is 2.09. The van der Waals surface area contributed by atoms with Crippen molar-refractivity contribution >= 4 is 23.0 Å². The standard InChI is InChI=1S/C24H25N3O3/c1-3-15-30-21-12-10-17(16-22(21)29-2)11-13-23(28)27-14-6-9-20(27)24-25-18-7-4-5-8-19(18)26-24/h3-5,7-8,10-13,16,20H,1,6,9,14-15H2,2H3,(H,25,26). The first-order valence-corrected chi connectivity index (χ1v) is 10.0. The number of likely N-dealkylation sites (tertiary alicyclic amines) is 1. The minimum atomic E-state index is -0.0289. The van der Waals surface area contributed by atoms with Crippen molar-refractivity contribution < 1.29 is 14.3 Å². The van der Waals surface area contributed by atoms with Crippen molar-refractivity contribution in [1.29, 1.82) is 0 Å². The van der Waals surface area contributed by atoms with Gasteiger partial charge in [0.2, 0.25) is 5.91 Å². The summed E-state index contributed by atoms with van der Waals surface area (Å²) < 4.78 is 11.0. The predicted molar refractivity (Wildman–Crippen MR) is 118 cm³/mol. The van der Waals surface area contributed by atoms with Crippen LogP contribution in [0.4, 0.5) is 0 Å². The molecule has 6 heteroatoms. The van der Waals surface area contributed by atoms with Gasteiger partial charge >= 0.3 is 0 Å². The summed E-state index contributed by atoms with van der Waals surface area (Å²) in [6.45, 7) is 4.78. The van der Waals surface area contributed by atoms with Crippen molar-refractivity contribution in [2.75, 3.05) is 20.3 Å². The Kier molecular flexibility index (Phi) is 5.84. The first kappa shape index (κ1) is 19.8. The Morgan fingerprint density at radius 1 is 1.30 bits per heavy atom. The van der Waals surface area contributed by atoms with Crippen LogP contribution in [-0.4, -0.2) is 41.0 Å². The van der Waals surface area contributed by atoms with E-state index in [1.165, 1.54) is 0 Å². The number of fused-ring (bicyclic) bond motifs is 1. The molecule has 154 valence electrons. The van der Waals surface area contributed by atoms with Crippen LogP contribution in [0, 0.1) is 0 Å². The molecule has 1 fully saturated rings. The Labute approximate surface area is 175 Å². The molecule has 1 aliphatic heterocycles. The maximum atomic E-state index is 12.9. The van der Waals surface area contributed by atoms with E-state index < -0.39 is 0 Å². The van der Waals surface area contributed by atoms with Crippen molar-refractivity contribution in [3.63, 3.8) is 0 Å². The zero-order valence-electron chi connectivity index (χ0n) is 17.0. The van der Waals surface area contributed by atoms with Gasteiger partial charge < -0.3 is 19.4 Å². The number of benzene rings is 2. The van der Waals surface area contributed by atoms with Crippen molar-refractivity contribution in [2.45, 2.75) is 18.9 Å². The van der Waals surface area contributed by atoms with E-state index in [1.807, 2.05) is 47.4 Å². The largest absolute Gasteiger partial charge is 0.493 e. The van der Waals surface area contributed by atoms with Gasteiger partial charge in [-0.2, -0.15) is 0 Å². The van der Waals surface area contributed by atoms with E-state index in [4.69, 9.17) is 14.5 Å². The molecule has 0 saturated carbocycles. The number of hydrogen-bond donors (Lipinski definition) is 1. The lowest BCUT2D eigenvalue weighted by Gasteiger charge is -2.21. The molecule has 30 heavy (non-hydrogen) atoms. The Hall–Kier alpha value is -3.54. The molecule has 1 aromatic heterocycles. The van der Waals surface area contributed by atoms with Crippen LogP contribution in [0.25, 0.3) is 17.1 Å². The molecule has 1 amide bonds. The van der Waals surface area contributed by atoms with Crippen LogP contribution in [0.3, 0.4) is 0 Å². The van der Waals surface area contributed by atoms with Crippen molar-refractivity contribution in [2.24, 2.45) is 0 Å². The van der Waals surface area contributed by atoms with Crippen LogP contribution in [-0.2, 0) is 4.79 Å². The van der Waals surface area contributed by atoms with E-state index in [9.17, 15) is 4.79 Å². The molecule has 1 unspecified atom stereocenters. The summed E-state index contributed by atoms with van der Waals surface area (Å²) in [7, 11) is 1.59. The van der Waals surface area contributed by atoms with Gasteiger partial charge in [-0.05, 0) is 48.7 Å². The highest BCUT2D eigenvalue weighted by molar-refractivity contribution is 5.92. The van der Waals surface area contributed by atoms with Gasteiger partial charge in [-0.25, -0.2) is 4.98 Å². The summed E-state index contributed by atoms with van der Waals surface area (Å²) in [6.07, 6.45) is 6.96. The lowest BCUT2D eigenvalue weighted by molar-refractivity contribution is -0.126. The number of carbonyl (C=O) groups is 1.